The predicted octanol–water partition coefficient (Wildman–Crippen LogP) is 2.46. The van der Waals surface area contributed by atoms with E-state index in [1.54, 1.807) is 0 Å². The van der Waals surface area contributed by atoms with Gasteiger partial charge in [0.2, 0.25) is 5.91 Å². The van der Waals surface area contributed by atoms with Crippen LogP contribution in [0.2, 0.25) is 0 Å². The molecule has 0 radical (unpaired) electrons. The van der Waals surface area contributed by atoms with Crippen molar-refractivity contribution in [2.24, 2.45) is 5.92 Å². The van der Waals surface area contributed by atoms with Gasteiger partial charge in [0.15, 0.2) is 0 Å². The molecule has 4 aliphatic rings. The smallest absolute Gasteiger partial charge is 0.240 e. The second-order valence-electron chi connectivity index (χ2n) is 7.11. The lowest BCUT2D eigenvalue weighted by atomic mass is 9.83. The number of aromatic nitrogens is 1. The Labute approximate surface area is 136 Å². The van der Waals surface area contributed by atoms with Crippen LogP contribution in [0.25, 0.3) is 0 Å². The zero-order chi connectivity index (χ0) is 15.1. The molecular weight excluding hydrogens is 294 g/mol. The SMILES string of the molecule is CN(Cc1nc2c(s1)CCCC2)C(=O)C1CC2CCN1CC2. The van der Waals surface area contributed by atoms with Crippen molar-refractivity contribution >= 4 is 17.2 Å². The van der Waals surface area contributed by atoms with Crippen molar-refractivity contribution < 1.29 is 4.79 Å². The van der Waals surface area contributed by atoms with Gasteiger partial charge < -0.3 is 4.90 Å². The molecule has 0 saturated carbocycles. The van der Waals surface area contributed by atoms with E-state index in [0.29, 0.717) is 12.5 Å². The number of thiazole rings is 1. The Morgan fingerprint density at radius 3 is 2.77 bits per heavy atom. The number of hydrogen-bond acceptors (Lipinski definition) is 4. The molecule has 1 aliphatic carbocycles. The van der Waals surface area contributed by atoms with Crippen LogP contribution in [-0.2, 0) is 24.2 Å². The van der Waals surface area contributed by atoms with E-state index in [2.05, 4.69) is 4.90 Å². The van der Waals surface area contributed by atoms with Crippen LogP contribution < -0.4 is 0 Å². The Morgan fingerprint density at radius 2 is 2.09 bits per heavy atom. The third kappa shape index (κ3) is 2.69. The monoisotopic (exact) mass is 319 g/mol. The van der Waals surface area contributed by atoms with E-state index in [4.69, 9.17) is 4.98 Å². The molecule has 1 amide bonds. The molecular formula is C17H25N3OS. The fourth-order valence-corrected chi connectivity index (χ4v) is 5.44. The van der Waals surface area contributed by atoms with Gasteiger partial charge in [-0.1, -0.05) is 0 Å². The lowest BCUT2D eigenvalue weighted by molar-refractivity contribution is -0.140. The minimum absolute atomic E-state index is 0.132. The summed E-state index contributed by atoms with van der Waals surface area (Å²) >= 11 is 1.82. The van der Waals surface area contributed by atoms with Gasteiger partial charge in [0.05, 0.1) is 18.3 Å². The third-order valence-corrected chi connectivity index (χ3v) is 6.71. The van der Waals surface area contributed by atoms with Crippen LogP contribution >= 0.6 is 11.3 Å². The molecule has 2 bridgehead atoms. The van der Waals surface area contributed by atoms with Gasteiger partial charge in [-0.2, -0.15) is 0 Å². The summed E-state index contributed by atoms with van der Waals surface area (Å²) in [6.45, 7) is 2.91. The summed E-state index contributed by atoms with van der Waals surface area (Å²) in [6.07, 6.45) is 8.51. The number of fused-ring (bicyclic) bond motifs is 4. The van der Waals surface area contributed by atoms with E-state index in [0.717, 1.165) is 36.9 Å². The lowest BCUT2D eigenvalue weighted by Gasteiger charge is -2.45. The highest BCUT2D eigenvalue weighted by Crippen LogP contribution is 2.33. The van der Waals surface area contributed by atoms with Gasteiger partial charge in [-0.3, -0.25) is 9.69 Å². The third-order valence-electron chi connectivity index (χ3n) is 5.57. The topological polar surface area (TPSA) is 36.4 Å². The molecule has 120 valence electrons. The molecule has 4 nitrogen and oxygen atoms in total. The van der Waals surface area contributed by atoms with Crippen molar-refractivity contribution in [3.63, 3.8) is 0 Å². The number of carbonyl (C=O) groups excluding carboxylic acids is 1. The summed E-state index contributed by atoms with van der Waals surface area (Å²) in [5.41, 5.74) is 1.30. The Bertz CT molecular complexity index is 539. The summed E-state index contributed by atoms with van der Waals surface area (Å²) in [7, 11) is 1.95. The first-order chi connectivity index (χ1) is 10.7. The molecule has 5 rings (SSSR count). The minimum atomic E-state index is 0.132. The lowest BCUT2D eigenvalue weighted by Crippen LogP contribution is -2.55. The highest BCUT2D eigenvalue weighted by atomic mass is 32.1. The molecule has 1 aromatic heterocycles. The van der Waals surface area contributed by atoms with E-state index >= 15 is 0 Å². The number of nitrogens with zero attached hydrogens (tertiary/aromatic N) is 3. The minimum Gasteiger partial charge on any atom is -0.338 e. The average Bonchev–Trinajstić information content (AvgIpc) is 2.97. The normalized spacial score (nSPS) is 30.1. The number of aryl methyl sites for hydroxylation is 2. The first kappa shape index (κ1) is 14.6. The number of likely N-dealkylation sites (N-methyl/N-ethyl adjacent to an activating group) is 1. The predicted molar refractivity (Wildman–Crippen MR) is 87.9 cm³/mol. The summed E-state index contributed by atoms with van der Waals surface area (Å²) in [4.78, 5) is 23.3. The van der Waals surface area contributed by atoms with Crippen LogP contribution in [0.1, 0.15) is 47.7 Å². The highest BCUT2D eigenvalue weighted by molar-refractivity contribution is 7.11. The van der Waals surface area contributed by atoms with Crippen LogP contribution in [0.4, 0.5) is 0 Å². The summed E-state index contributed by atoms with van der Waals surface area (Å²) in [5.74, 6) is 1.08. The van der Waals surface area contributed by atoms with Crippen molar-refractivity contribution in [3.05, 3.63) is 15.6 Å². The standard InChI is InChI=1S/C17H25N3OS/c1-19(11-16-18-13-4-2-3-5-15(13)22-16)17(21)14-10-12-6-8-20(14)9-7-12/h12,14H,2-11H2,1H3. The van der Waals surface area contributed by atoms with E-state index < -0.39 is 0 Å². The summed E-state index contributed by atoms with van der Waals surface area (Å²) < 4.78 is 0. The van der Waals surface area contributed by atoms with Crippen LogP contribution in [0.3, 0.4) is 0 Å². The second kappa shape index (κ2) is 5.93. The highest BCUT2D eigenvalue weighted by Gasteiger charge is 2.38. The largest absolute Gasteiger partial charge is 0.338 e. The fraction of sp³-hybridized carbons (Fsp3) is 0.765. The quantitative estimate of drug-likeness (QED) is 0.859. The summed E-state index contributed by atoms with van der Waals surface area (Å²) in [5, 5.41) is 1.12. The van der Waals surface area contributed by atoms with E-state index in [-0.39, 0.29) is 6.04 Å². The average molecular weight is 319 g/mol. The zero-order valence-corrected chi connectivity index (χ0v) is 14.2. The molecule has 22 heavy (non-hydrogen) atoms. The molecule has 1 atom stereocenters. The molecule has 3 saturated heterocycles. The Kier molecular flexibility index (Phi) is 3.95. The maximum absolute atomic E-state index is 12.8. The molecule has 1 unspecified atom stereocenters. The van der Waals surface area contributed by atoms with Gasteiger partial charge in [0, 0.05) is 11.9 Å². The Hall–Kier alpha value is -0.940. The molecule has 3 aliphatic heterocycles. The number of rotatable bonds is 3. The van der Waals surface area contributed by atoms with Gasteiger partial charge in [0.25, 0.3) is 0 Å². The van der Waals surface area contributed by atoms with Crippen molar-refractivity contribution in [1.82, 2.24) is 14.8 Å². The second-order valence-corrected chi connectivity index (χ2v) is 8.28. The maximum atomic E-state index is 12.8. The van der Waals surface area contributed by atoms with Crippen LogP contribution in [0, 0.1) is 5.92 Å². The van der Waals surface area contributed by atoms with E-state index in [9.17, 15) is 4.79 Å². The van der Waals surface area contributed by atoms with Crippen LogP contribution in [0.15, 0.2) is 0 Å². The summed E-state index contributed by atoms with van der Waals surface area (Å²) in [6, 6.07) is 0.132. The van der Waals surface area contributed by atoms with Gasteiger partial charge in [-0.15, -0.1) is 11.3 Å². The number of amides is 1. The van der Waals surface area contributed by atoms with E-state index in [1.807, 2.05) is 23.3 Å². The van der Waals surface area contributed by atoms with Gasteiger partial charge in [-0.05, 0) is 64.0 Å². The maximum Gasteiger partial charge on any atom is 0.240 e. The van der Waals surface area contributed by atoms with Crippen LogP contribution in [0.5, 0.6) is 0 Å². The Balaban J connectivity index is 1.42. The molecule has 1 aromatic rings. The van der Waals surface area contributed by atoms with Crippen molar-refractivity contribution in [3.8, 4) is 0 Å². The molecule has 3 fully saturated rings. The first-order valence-corrected chi connectivity index (χ1v) is 9.49. The molecule has 0 aromatic carbocycles. The van der Waals surface area contributed by atoms with Crippen molar-refractivity contribution in [1.29, 1.82) is 0 Å². The van der Waals surface area contributed by atoms with Crippen molar-refractivity contribution in [2.45, 2.75) is 57.5 Å². The van der Waals surface area contributed by atoms with Gasteiger partial charge >= 0.3 is 0 Å². The fourth-order valence-electron chi connectivity index (χ4n) is 4.23. The number of hydrogen-bond donors (Lipinski definition) is 0. The van der Waals surface area contributed by atoms with Gasteiger partial charge in [-0.25, -0.2) is 4.98 Å². The Morgan fingerprint density at radius 1 is 1.32 bits per heavy atom. The molecule has 5 heteroatoms. The van der Waals surface area contributed by atoms with Gasteiger partial charge in [0.1, 0.15) is 5.01 Å². The van der Waals surface area contributed by atoms with Crippen molar-refractivity contribution in [2.75, 3.05) is 20.1 Å². The number of carbonyl (C=O) groups is 1. The molecule has 4 heterocycles. The molecule has 0 spiro atoms. The zero-order valence-electron chi connectivity index (χ0n) is 13.4. The first-order valence-electron chi connectivity index (χ1n) is 8.67. The number of piperidine rings is 3. The van der Waals surface area contributed by atoms with Crippen LogP contribution in [-0.4, -0.2) is 46.9 Å². The van der Waals surface area contributed by atoms with E-state index in [1.165, 1.54) is 42.7 Å². The molecule has 0 N–H and O–H groups in total.